The van der Waals surface area contributed by atoms with Crippen LogP contribution >= 0.6 is 23.2 Å². The maximum Gasteiger partial charge on any atom is 0.337 e. The second-order valence-electron chi connectivity index (χ2n) is 18.6. The Hall–Kier alpha value is -9.51. The third kappa shape index (κ3) is 9.40. The standard InChI is InChI=1S/C59H42Cl2N4O12/c1-64(2)33-10-14-38-46(22-33)76-47-23-34(65(3)4)11-15-39(47)50(38)51-44(60)25-42(53(61)52(51)59(74)75)56(69)62-26-28-5-6-30-20-31(8-7-29(30)19-28)55(68)63-27-43-45(67)18-17-40-49(37-16-12-35(66)24-48(37)77-54(40)43)36-13-9-32(57(70)71)21-41(36)58(72)73/h5-25H,26-27H2,1-4H3,(H5-,62,63,66,67,68,69,70,71,72,73,74,75)/p+1. The number of aromatic hydroxyl groups is 1. The molecule has 77 heavy (non-hydrogen) atoms. The first-order valence-electron chi connectivity index (χ1n) is 23.6. The second-order valence-corrected chi connectivity index (χ2v) is 19.4. The van der Waals surface area contributed by atoms with E-state index in [1.165, 1.54) is 48.5 Å². The van der Waals surface area contributed by atoms with Gasteiger partial charge in [-0.3, -0.25) is 14.4 Å². The Morgan fingerprint density at radius 3 is 2.00 bits per heavy atom. The van der Waals surface area contributed by atoms with Gasteiger partial charge in [0.1, 0.15) is 42.5 Å². The summed E-state index contributed by atoms with van der Waals surface area (Å²) in [4.78, 5) is 80.5. The van der Waals surface area contributed by atoms with E-state index in [9.17, 15) is 49.2 Å². The van der Waals surface area contributed by atoms with Gasteiger partial charge in [0.2, 0.25) is 5.36 Å². The molecule has 2 amide bonds. The molecule has 0 unspecified atom stereocenters. The molecule has 18 heteroatoms. The van der Waals surface area contributed by atoms with Crippen LogP contribution in [0.25, 0.3) is 77.6 Å². The molecule has 0 fully saturated rings. The van der Waals surface area contributed by atoms with Crippen LogP contribution in [-0.4, -0.2) is 78.3 Å². The van der Waals surface area contributed by atoms with Gasteiger partial charge in [0, 0.05) is 88.7 Å². The lowest BCUT2D eigenvalue weighted by Crippen LogP contribution is -2.26. The zero-order valence-corrected chi connectivity index (χ0v) is 42.8. The van der Waals surface area contributed by atoms with E-state index in [1.807, 2.05) is 80.1 Å². The molecular formula is C59H43Cl2N4O12+. The molecule has 6 N–H and O–H groups in total. The molecular weight excluding hydrogens is 1030 g/mol. The Balaban J connectivity index is 0.901. The average molecular weight is 1070 g/mol. The van der Waals surface area contributed by atoms with Crippen LogP contribution in [0.2, 0.25) is 10.0 Å². The molecule has 0 spiro atoms. The van der Waals surface area contributed by atoms with E-state index >= 15 is 0 Å². The van der Waals surface area contributed by atoms with Gasteiger partial charge in [0.25, 0.3) is 11.8 Å². The van der Waals surface area contributed by atoms with E-state index in [0.717, 1.165) is 17.1 Å². The van der Waals surface area contributed by atoms with Gasteiger partial charge in [-0.2, -0.15) is 0 Å². The van der Waals surface area contributed by atoms with Crippen LogP contribution in [-0.2, 0) is 13.1 Å². The molecule has 2 aliphatic heterocycles. The van der Waals surface area contributed by atoms with Gasteiger partial charge in [-0.25, -0.2) is 19.0 Å². The van der Waals surface area contributed by atoms with E-state index in [1.54, 1.807) is 30.3 Å². The highest BCUT2D eigenvalue weighted by Crippen LogP contribution is 2.48. The predicted octanol–water partition coefficient (Wildman–Crippen LogP) is 10.3. The molecule has 10 rings (SSSR count). The summed E-state index contributed by atoms with van der Waals surface area (Å²) in [6.07, 6.45) is 0. The molecule has 0 saturated carbocycles. The number of carbonyl (C=O) groups is 5. The van der Waals surface area contributed by atoms with Gasteiger partial charge in [0.05, 0.1) is 50.5 Å². The zero-order chi connectivity index (χ0) is 54.7. The Bertz CT molecular complexity index is 4270. The fourth-order valence-electron chi connectivity index (χ4n) is 9.53. The van der Waals surface area contributed by atoms with Gasteiger partial charge in [-0.15, -0.1) is 0 Å². The van der Waals surface area contributed by atoms with Crippen LogP contribution in [0.3, 0.4) is 0 Å². The molecule has 0 radical (unpaired) electrons. The molecule has 6 aromatic carbocycles. The van der Waals surface area contributed by atoms with Crippen LogP contribution in [0.15, 0.2) is 141 Å². The lowest BCUT2D eigenvalue weighted by molar-refractivity contribution is 0.0682. The summed E-state index contributed by atoms with van der Waals surface area (Å²) in [5.41, 5.74) is 2.66. The molecule has 6 aromatic rings. The number of phenols is 1. The van der Waals surface area contributed by atoms with Gasteiger partial charge < -0.3 is 44.8 Å². The summed E-state index contributed by atoms with van der Waals surface area (Å²) in [7, 11) is 7.57. The fourth-order valence-corrected chi connectivity index (χ4v) is 10.1. The van der Waals surface area contributed by atoms with Crippen LogP contribution in [0.1, 0.15) is 62.9 Å². The number of hydrogen-bond donors (Lipinski definition) is 6. The van der Waals surface area contributed by atoms with Gasteiger partial charge >= 0.3 is 17.9 Å². The zero-order valence-electron chi connectivity index (χ0n) is 41.2. The van der Waals surface area contributed by atoms with E-state index in [4.69, 9.17) is 32.0 Å². The number of fused-ring (bicyclic) bond motifs is 5. The number of carboxylic acid groups (broad SMARTS) is 3. The fraction of sp³-hybridized carbons (Fsp3) is 0.102. The van der Waals surface area contributed by atoms with E-state index in [-0.39, 0.29) is 84.7 Å². The van der Waals surface area contributed by atoms with Crippen molar-refractivity contribution in [1.29, 1.82) is 0 Å². The Kier molecular flexibility index (Phi) is 13.2. The van der Waals surface area contributed by atoms with Crippen LogP contribution < -0.4 is 30.9 Å². The largest absolute Gasteiger partial charge is 0.508 e. The highest BCUT2D eigenvalue weighted by atomic mass is 35.5. The normalized spacial score (nSPS) is 11.4. The number of phenolic OH excluding ortho intramolecular Hbond substituents is 1. The summed E-state index contributed by atoms with van der Waals surface area (Å²) in [6.45, 7) is -0.316. The number of carbonyl (C=O) groups excluding carboxylic acids is 2. The first kappa shape index (κ1) is 51.0. The number of aromatic carboxylic acids is 3. The molecule has 0 saturated heterocycles. The first-order valence-corrected chi connectivity index (χ1v) is 24.4. The number of anilines is 1. The first-order chi connectivity index (χ1) is 36.8. The summed E-state index contributed by atoms with van der Waals surface area (Å²) in [6, 6.07) is 33.3. The van der Waals surface area contributed by atoms with E-state index in [2.05, 4.69) is 10.6 Å². The SMILES string of the molecule is CN(C)c1ccc2c(-c3c(Cl)cc(C(=O)NCc4ccc5cc(C(=O)NCc6c7oc8cc(O)ccc8c(-c8ccc(C(=O)O)cc8C(=O)O)c-7ccc6=O)ccc5c4)c(Cl)c3C(=O)O)c3ccc(=[N+](C)C)cc-3oc2c1. The van der Waals surface area contributed by atoms with Crippen molar-refractivity contribution in [2.24, 2.45) is 0 Å². The molecule has 2 heterocycles. The summed E-state index contributed by atoms with van der Waals surface area (Å²) in [5.74, 6) is -5.03. The monoisotopic (exact) mass is 1070 g/mol. The quantitative estimate of drug-likeness (QED) is 0.0494. The Morgan fingerprint density at radius 1 is 0.597 bits per heavy atom. The number of benzene rings is 8. The number of nitrogens with one attached hydrogen (secondary N) is 2. The van der Waals surface area contributed by atoms with E-state index in [0.29, 0.717) is 60.7 Å². The maximum atomic E-state index is 13.9. The summed E-state index contributed by atoms with van der Waals surface area (Å²) < 4.78 is 14.5. The van der Waals surface area contributed by atoms with Gasteiger partial charge in [-0.05, 0) is 101 Å². The number of halogens is 2. The van der Waals surface area contributed by atoms with Crippen molar-refractivity contribution >= 4 is 91.3 Å². The maximum absolute atomic E-state index is 13.9. The lowest BCUT2D eigenvalue weighted by Gasteiger charge is -2.21. The number of rotatable bonds is 12. The summed E-state index contributed by atoms with van der Waals surface area (Å²) in [5, 5.41) is 49.4. The topological polar surface area (TPSA) is 240 Å². The van der Waals surface area contributed by atoms with Crippen molar-refractivity contribution in [3.63, 3.8) is 0 Å². The minimum Gasteiger partial charge on any atom is -0.508 e. The van der Waals surface area contributed by atoms with Crippen LogP contribution in [0.5, 0.6) is 5.75 Å². The molecule has 0 atom stereocenters. The van der Waals surface area contributed by atoms with Crippen molar-refractivity contribution in [2.75, 3.05) is 33.1 Å². The molecule has 16 nitrogen and oxygen atoms in total. The number of amides is 2. The molecule has 0 bridgehead atoms. The predicted molar refractivity (Wildman–Crippen MR) is 293 cm³/mol. The van der Waals surface area contributed by atoms with Crippen molar-refractivity contribution in [3.8, 4) is 50.7 Å². The number of hydrogen-bond acceptors (Lipinski definition) is 10. The molecule has 0 aromatic heterocycles. The van der Waals surface area contributed by atoms with Crippen molar-refractivity contribution < 1.29 is 53.2 Å². The van der Waals surface area contributed by atoms with Crippen LogP contribution in [0, 0.1) is 0 Å². The Labute approximate surface area is 446 Å². The smallest absolute Gasteiger partial charge is 0.337 e. The van der Waals surface area contributed by atoms with Crippen molar-refractivity contribution in [3.05, 3.63) is 192 Å². The lowest BCUT2D eigenvalue weighted by atomic mass is 9.88. The molecule has 4 aliphatic rings. The minimum atomic E-state index is -1.40. The van der Waals surface area contributed by atoms with Gasteiger partial charge in [-0.1, -0.05) is 47.5 Å². The van der Waals surface area contributed by atoms with Crippen molar-refractivity contribution in [2.45, 2.75) is 13.1 Å². The van der Waals surface area contributed by atoms with E-state index < -0.39 is 35.2 Å². The number of nitrogens with zero attached hydrogens (tertiary/aromatic N) is 2. The highest BCUT2D eigenvalue weighted by molar-refractivity contribution is 6.41. The second kappa shape index (κ2) is 20.0. The van der Waals surface area contributed by atoms with Crippen LogP contribution in [0.4, 0.5) is 5.69 Å². The van der Waals surface area contributed by atoms with Crippen molar-refractivity contribution in [1.82, 2.24) is 15.2 Å². The average Bonchev–Trinajstić information content (AvgIpc) is 3.40. The minimum absolute atomic E-state index is 0.00247. The molecule has 384 valence electrons. The number of carboxylic acids is 3. The third-order valence-electron chi connectivity index (χ3n) is 13.4. The Morgan fingerprint density at radius 2 is 1.27 bits per heavy atom. The third-order valence-corrected chi connectivity index (χ3v) is 14.1. The summed E-state index contributed by atoms with van der Waals surface area (Å²) >= 11 is 13.9. The molecule has 2 aliphatic carbocycles. The highest BCUT2D eigenvalue weighted by Gasteiger charge is 2.31. The van der Waals surface area contributed by atoms with Gasteiger partial charge in [0.15, 0.2) is 5.43 Å².